The van der Waals surface area contributed by atoms with Gasteiger partial charge in [-0.3, -0.25) is 4.79 Å². The first-order chi connectivity index (χ1) is 21.8. The van der Waals surface area contributed by atoms with Crippen molar-refractivity contribution in [2.75, 3.05) is 0 Å². The zero-order valence-electron chi connectivity index (χ0n) is 28.8. The van der Waals surface area contributed by atoms with Crippen LogP contribution in [0.3, 0.4) is 0 Å². The lowest BCUT2D eigenvalue weighted by atomic mass is 10.0. The fourth-order valence-corrected chi connectivity index (χ4v) is 4.75. The molecule has 0 radical (unpaired) electrons. The summed E-state index contributed by atoms with van der Waals surface area (Å²) in [6.45, 7) is 5.13. The smallest absolute Gasteiger partial charge is 0.293 e. The topological polar surface area (TPSA) is 26.3 Å². The van der Waals surface area contributed by atoms with E-state index in [4.69, 9.17) is 4.74 Å². The summed E-state index contributed by atoms with van der Waals surface area (Å²) in [4.78, 5) is 10.9. The first-order valence-electron chi connectivity index (χ1n) is 18.1. The Kier molecular flexibility index (Phi) is 36.1. The SMILES string of the molecule is CCCCCC=CCC=CCC=CCC=CCCCCC(CCCCC=CCC=CCC=CCC=CCCCCC)OC=O. The van der Waals surface area contributed by atoms with Crippen molar-refractivity contribution in [2.24, 2.45) is 0 Å². The molecule has 0 atom stereocenters. The Balaban J connectivity index is 3.72. The molecule has 0 aliphatic heterocycles. The monoisotopic (exact) mass is 605 g/mol. The highest BCUT2D eigenvalue weighted by atomic mass is 16.5. The van der Waals surface area contributed by atoms with Crippen molar-refractivity contribution in [1.29, 1.82) is 0 Å². The highest BCUT2D eigenvalue weighted by Gasteiger charge is 2.08. The minimum Gasteiger partial charge on any atom is -0.465 e. The van der Waals surface area contributed by atoms with Gasteiger partial charge in [0.25, 0.3) is 6.47 Å². The van der Waals surface area contributed by atoms with E-state index in [0.29, 0.717) is 6.47 Å². The van der Waals surface area contributed by atoms with Crippen LogP contribution in [-0.4, -0.2) is 12.6 Å². The van der Waals surface area contributed by atoms with Crippen molar-refractivity contribution in [3.8, 4) is 0 Å². The molecule has 0 saturated carbocycles. The number of hydrogen-bond donors (Lipinski definition) is 0. The number of unbranched alkanes of at least 4 members (excludes halogenated alkanes) is 10. The van der Waals surface area contributed by atoms with Gasteiger partial charge < -0.3 is 4.74 Å². The van der Waals surface area contributed by atoms with Crippen LogP contribution in [0.25, 0.3) is 0 Å². The van der Waals surface area contributed by atoms with Gasteiger partial charge in [0.05, 0.1) is 0 Å². The van der Waals surface area contributed by atoms with Crippen LogP contribution in [0.4, 0.5) is 0 Å². The summed E-state index contributed by atoms with van der Waals surface area (Å²) in [5.74, 6) is 0. The van der Waals surface area contributed by atoms with Crippen LogP contribution in [0.1, 0.15) is 155 Å². The Morgan fingerprint density at radius 2 is 0.659 bits per heavy atom. The molecule has 0 aliphatic rings. The number of hydrogen-bond acceptors (Lipinski definition) is 2. The highest BCUT2D eigenvalue weighted by Crippen LogP contribution is 2.14. The van der Waals surface area contributed by atoms with Gasteiger partial charge in [0, 0.05) is 0 Å². The van der Waals surface area contributed by atoms with Crippen molar-refractivity contribution in [3.63, 3.8) is 0 Å². The normalized spacial score (nSPS) is 13.6. The molecule has 0 N–H and O–H groups in total. The van der Waals surface area contributed by atoms with Gasteiger partial charge in [-0.05, 0) is 116 Å². The zero-order chi connectivity index (χ0) is 31.9. The van der Waals surface area contributed by atoms with Crippen molar-refractivity contribution >= 4 is 6.47 Å². The number of ether oxygens (including phenoxy) is 1. The van der Waals surface area contributed by atoms with Gasteiger partial charge in [-0.1, -0.05) is 137 Å². The van der Waals surface area contributed by atoms with Gasteiger partial charge in [-0.25, -0.2) is 0 Å². The molecule has 0 spiro atoms. The number of rotatable bonds is 32. The molecule has 0 unspecified atom stereocenters. The molecule has 0 aromatic rings. The Labute approximate surface area is 273 Å². The lowest BCUT2D eigenvalue weighted by Crippen LogP contribution is -2.11. The second kappa shape index (κ2) is 38.4. The third-order valence-electron chi connectivity index (χ3n) is 7.46. The average molecular weight is 605 g/mol. The molecule has 0 fully saturated rings. The lowest BCUT2D eigenvalue weighted by Gasteiger charge is -2.14. The molecule has 0 rings (SSSR count). The minimum absolute atomic E-state index is 0.0699. The first-order valence-corrected chi connectivity index (χ1v) is 18.1. The molecule has 0 aromatic carbocycles. The third-order valence-corrected chi connectivity index (χ3v) is 7.46. The first kappa shape index (κ1) is 41.4. The summed E-state index contributed by atoms with van der Waals surface area (Å²) in [5, 5.41) is 0. The number of allylic oxidation sites excluding steroid dienone is 16. The predicted octanol–water partition coefficient (Wildman–Crippen LogP) is 13.6. The molecule has 2 nitrogen and oxygen atoms in total. The Bertz CT molecular complexity index is 757. The quantitative estimate of drug-likeness (QED) is 0.0434. The molecular formula is C42H68O2. The largest absolute Gasteiger partial charge is 0.465 e. The molecule has 2 heteroatoms. The Morgan fingerprint density at radius 1 is 0.386 bits per heavy atom. The van der Waals surface area contributed by atoms with Crippen LogP contribution in [0.2, 0.25) is 0 Å². The van der Waals surface area contributed by atoms with Gasteiger partial charge in [-0.2, -0.15) is 0 Å². The van der Waals surface area contributed by atoms with Crippen LogP contribution in [-0.2, 0) is 9.53 Å². The number of carbonyl (C=O) groups is 1. The summed E-state index contributed by atoms with van der Waals surface area (Å²) in [5.41, 5.74) is 0. The van der Waals surface area contributed by atoms with Crippen LogP contribution >= 0.6 is 0 Å². The van der Waals surface area contributed by atoms with Gasteiger partial charge in [0.15, 0.2) is 0 Å². The minimum atomic E-state index is 0.0699. The summed E-state index contributed by atoms with van der Waals surface area (Å²) in [6.07, 6.45) is 61.4. The number of carbonyl (C=O) groups excluding carboxylic acids is 1. The summed E-state index contributed by atoms with van der Waals surface area (Å²) in [7, 11) is 0. The van der Waals surface area contributed by atoms with E-state index in [-0.39, 0.29) is 6.10 Å². The third kappa shape index (κ3) is 35.6. The molecule has 0 saturated heterocycles. The zero-order valence-corrected chi connectivity index (χ0v) is 28.8. The molecule has 0 aliphatic carbocycles. The Hall–Kier alpha value is -2.61. The van der Waals surface area contributed by atoms with E-state index in [1.54, 1.807) is 0 Å². The molecular weight excluding hydrogens is 536 g/mol. The maximum Gasteiger partial charge on any atom is 0.293 e. The van der Waals surface area contributed by atoms with Gasteiger partial charge in [-0.15, -0.1) is 0 Å². The van der Waals surface area contributed by atoms with Crippen LogP contribution < -0.4 is 0 Å². The van der Waals surface area contributed by atoms with Gasteiger partial charge >= 0.3 is 0 Å². The second-order valence-electron chi connectivity index (χ2n) is 11.6. The lowest BCUT2D eigenvalue weighted by molar-refractivity contribution is -0.134. The van der Waals surface area contributed by atoms with E-state index in [9.17, 15) is 4.79 Å². The molecule has 0 heterocycles. The second-order valence-corrected chi connectivity index (χ2v) is 11.6. The predicted molar refractivity (Wildman–Crippen MR) is 197 cm³/mol. The van der Waals surface area contributed by atoms with E-state index >= 15 is 0 Å². The Morgan fingerprint density at radius 3 is 0.932 bits per heavy atom. The summed E-state index contributed by atoms with van der Waals surface area (Å²) in [6, 6.07) is 0. The van der Waals surface area contributed by atoms with Gasteiger partial charge in [0.2, 0.25) is 0 Å². The van der Waals surface area contributed by atoms with E-state index in [1.165, 1.54) is 51.4 Å². The highest BCUT2D eigenvalue weighted by molar-refractivity contribution is 5.37. The molecule has 44 heavy (non-hydrogen) atoms. The van der Waals surface area contributed by atoms with E-state index in [2.05, 4.69) is 111 Å². The van der Waals surface area contributed by atoms with Crippen molar-refractivity contribution in [1.82, 2.24) is 0 Å². The van der Waals surface area contributed by atoms with Crippen LogP contribution in [0.5, 0.6) is 0 Å². The van der Waals surface area contributed by atoms with Gasteiger partial charge in [0.1, 0.15) is 6.10 Å². The summed E-state index contributed by atoms with van der Waals surface area (Å²) < 4.78 is 5.36. The molecule has 248 valence electrons. The molecule has 0 aromatic heterocycles. The summed E-state index contributed by atoms with van der Waals surface area (Å²) >= 11 is 0. The maximum atomic E-state index is 10.9. The van der Waals surface area contributed by atoms with Crippen molar-refractivity contribution < 1.29 is 9.53 Å². The average Bonchev–Trinajstić information content (AvgIpc) is 3.03. The van der Waals surface area contributed by atoms with E-state index in [0.717, 1.165) is 89.9 Å². The fourth-order valence-electron chi connectivity index (χ4n) is 4.75. The van der Waals surface area contributed by atoms with Crippen molar-refractivity contribution in [2.45, 2.75) is 161 Å². The fraction of sp³-hybridized carbons (Fsp3) is 0.595. The molecule has 0 bridgehead atoms. The van der Waals surface area contributed by atoms with Crippen molar-refractivity contribution in [3.05, 3.63) is 97.2 Å². The van der Waals surface area contributed by atoms with Crippen LogP contribution in [0, 0.1) is 0 Å². The molecule has 0 amide bonds. The van der Waals surface area contributed by atoms with E-state index < -0.39 is 0 Å². The van der Waals surface area contributed by atoms with E-state index in [1.807, 2.05) is 0 Å². The van der Waals surface area contributed by atoms with Crippen LogP contribution in [0.15, 0.2) is 97.2 Å². The maximum absolute atomic E-state index is 10.9. The standard InChI is InChI=1S/C42H68O2/c1-3-5-7-9-11-13-15-17-19-21-23-25-27-29-31-33-35-37-39-42(44-41-43)40-38-36-34-32-30-28-26-24-22-20-18-16-14-12-10-8-6-4-2/h11-14,17-20,23-26,29-32,41-42H,3-10,15-16,21-22,27-28,33-40H2,1-2H3.